The second-order valence-electron chi connectivity index (χ2n) is 6.63. The first-order valence-electron chi connectivity index (χ1n) is 8.61. The minimum atomic E-state index is 0. The molecular formula is C16H32IN7. The van der Waals surface area contributed by atoms with Gasteiger partial charge in [0.05, 0.1) is 6.54 Å². The zero-order valence-electron chi connectivity index (χ0n) is 15.3. The predicted octanol–water partition coefficient (Wildman–Crippen LogP) is 1.61. The summed E-state index contributed by atoms with van der Waals surface area (Å²) in [6.45, 7) is 8.59. The minimum absolute atomic E-state index is 0. The zero-order valence-corrected chi connectivity index (χ0v) is 17.7. The van der Waals surface area contributed by atoms with Gasteiger partial charge >= 0.3 is 0 Å². The van der Waals surface area contributed by atoms with Gasteiger partial charge in [0.1, 0.15) is 12.2 Å². The van der Waals surface area contributed by atoms with Crippen molar-refractivity contribution in [3.8, 4) is 0 Å². The lowest BCUT2D eigenvalue weighted by Gasteiger charge is -2.29. The van der Waals surface area contributed by atoms with Crippen molar-refractivity contribution >= 4 is 29.9 Å². The fourth-order valence-electron chi connectivity index (χ4n) is 3.09. The van der Waals surface area contributed by atoms with Crippen molar-refractivity contribution in [1.82, 2.24) is 30.3 Å². The zero-order chi connectivity index (χ0) is 16.7. The van der Waals surface area contributed by atoms with Gasteiger partial charge < -0.3 is 10.6 Å². The van der Waals surface area contributed by atoms with Gasteiger partial charge in [-0.15, -0.1) is 24.0 Å². The van der Waals surface area contributed by atoms with E-state index in [4.69, 9.17) is 0 Å². The summed E-state index contributed by atoms with van der Waals surface area (Å²) in [6.07, 6.45) is 5.44. The van der Waals surface area contributed by atoms with Gasteiger partial charge in [0.2, 0.25) is 0 Å². The first-order chi connectivity index (χ1) is 11.1. The van der Waals surface area contributed by atoms with Crippen LogP contribution in [-0.2, 0) is 13.6 Å². The number of hydrogen-bond donors (Lipinski definition) is 2. The third kappa shape index (κ3) is 6.54. The Morgan fingerprint density at radius 1 is 1.29 bits per heavy atom. The van der Waals surface area contributed by atoms with Gasteiger partial charge in [-0.1, -0.05) is 13.8 Å². The molecule has 1 aliphatic heterocycles. The van der Waals surface area contributed by atoms with Crippen LogP contribution in [0.25, 0.3) is 0 Å². The van der Waals surface area contributed by atoms with Crippen LogP contribution in [0.2, 0.25) is 0 Å². The number of likely N-dealkylation sites (tertiary alicyclic amines) is 1. The number of nitrogens with zero attached hydrogens (tertiary/aromatic N) is 5. The Morgan fingerprint density at radius 3 is 2.54 bits per heavy atom. The molecule has 1 aromatic rings. The molecule has 0 aromatic carbocycles. The van der Waals surface area contributed by atoms with E-state index in [0.717, 1.165) is 18.3 Å². The molecule has 0 spiro atoms. The van der Waals surface area contributed by atoms with Gasteiger partial charge in [0.25, 0.3) is 0 Å². The fourth-order valence-corrected chi connectivity index (χ4v) is 3.09. The van der Waals surface area contributed by atoms with Crippen molar-refractivity contribution in [2.45, 2.75) is 45.7 Å². The maximum Gasteiger partial charge on any atom is 0.191 e. The highest BCUT2D eigenvalue weighted by atomic mass is 127. The van der Waals surface area contributed by atoms with Gasteiger partial charge in [0.15, 0.2) is 5.96 Å². The van der Waals surface area contributed by atoms with Crippen LogP contribution in [0.5, 0.6) is 0 Å². The molecule has 1 fully saturated rings. The van der Waals surface area contributed by atoms with E-state index in [2.05, 4.69) is 44.5 Å². The van der Waals surface area contributed by atoms with E-state index >= 15 is 0 Å². The molecule has 1 aliphatic rings. The molecule has 0 radical (unpaired) electrons. The van der Waals surface area contributed by atoms with Crippen molar-refractivity contribution in [3.05, 3.63) is 12.2 Å². The number of halogens is 1. The Morgan fingerprint density at radius 2 is 2.00 bits per heavy atom. The second kappa shape index (κ2) is 10.9. The summed E-state index contributed by atoms with van der Waals surface area (Å²) in [4.78, 5) is 11.1. The largest absolute Gasteiger partial charge is 0.355 e. The normalized spacial score (nSPS) is 17.0. The summed E-state index contributed by atoms with van der Waals surface area (Å²) >= 11 is 0. The van der Waals surface area contributed by atoms with E-state index in [1.807, 2.05) is 7.05 Å². The van der Waals surface area contributed by atoms with Crippen LogP contribution in [0.1, 0.15) is 38.9 Å². The monoisotopic (exact) mass is 449 g/mol. The lowest BCUT2D eigenvalue weighted by molar-refractivity contribution is 0.213. The smallest absolute Gasteiger partial charge is 0.191 e. The maximum absolute atomic E-state index is 4.31. The number of aryl methyl sites for hydroxylation is 1. The molecule has 1 aromatic heterocycles. The van der Waals surface area contributed by atoms with Crippen LogP contribution >= 0.6 is 24.0 Å². The standard InChI is InChI=1S/C16H31N7.HI/c1-13(2)9-14(23-7-5-6-8-23)10-18-16(17-3)19-11-15-20-12-21-22(15)4;/h12-14H,5-11H2,1-4H3,(H2,17,18,19);1H. The number of aliphatic imine (C=N–C) groups is 1. The number of guanidine groups is 1. The van der Waals surface area contributed by atoms with Crippen LogP contribution in [-0.4, -0.2) is 58.3 Å². The van der Waals surface area contributed by atoms with Gasteiger partial charge in [-0.25, -0.2) is 4.98 Å². The first kappa shape index (κ1) is 21.1. The van der Waals surface area contributed by atoms with E-state index in [1.54, 1.807) is 18.1 Å². The SMILES string of the molecule is CN=C(NCc1ncnn1C)NCC(CC(C)C)N1CCCC1.I. The predicted molar refractivity (Wildman–Crippen MR) is 109 cm³/mol. The lowest BCUT2D eigenvalue weighted by Crippen LogP contribution is -2.46. The summed E-state index contributed by atoms with van der Waals surface area (Å²) in [5.41, 5.74) is 0. The van der Waals surface area contributed by atoms with Crippen LogP contribution in [0.3, 0.4) is 0 Å². The topological polar surface area (TPSA) is 70.4 Å². The maximum atomic E-state index is 4.31. The number of rotatable bonds is 7. The average Bonchev–Trinajstić information content (AvgIpc) is 3.17. The summed E-state index contributed by atoms with van der Waals surface area (Å²) in [5, 5.41) is 10.9. The Bertz CT molecular complexity index is 494. The third-order valence-electron chi connectivity index (χ3n) is 4.35. The molecule has 1 saturated heterocycles. The summed E-state index contributed by atoms with van der Waals surface area (Å²) < 4.78 is 1.77. The van der Waals surface area contributed by atoms with Gasteiger partial charge in [-0.05, 0) is 38.3 Å². The van der Waals surface area contributed by atoms with Crippen molar-refractivity contribution in [1.29, 1.82) is 0 Å². The van der Waals surface area contributed by atoms with Gasteiger partial charge in [-0.3, -0.25) is 14.6 Å². The summed E-state index contributed by atoms with van der Waals surface area (Å²) in [5.74, 6) is 2.42. The quantitative estimate of drug-likeness (QED) is 0.376. The van der Waals surface area contributed by atoms with E-state index in [0.29, 0.717) is 18.5 Å². The van der Waals surface area contributed by atoms with Crippen molar-refractivity contribution in [2.24, 2.45) is 18.0 Å². The Labute approximate surface area is 162 Å². The van der Waals surface area contributed by atoms with E-state index in [-0.39, 0.29) is 24.0 Å². The highest BCUT2D eigenvalue weighted by Crippen LogP contribution is 2.17. The number of aromatic nitrogens is 3. The second-order valence-corrected chi connectivity index (χ2v) is 6.63. The van der Waals surface area contributed by atoms with Crippen LogP contribution in [0.4, 0.5) is 0 Å². The van der Waals surface area contributed by atoms with Crippen LogP contribution in [0, 0.1) is 5.92 Å². The molecule has 0 amide bonds. The lowest BCUT2D eigenvalue weighted by atomic mass is 10.0. The molecule has 24 heavy (non-hydrogen) atoms. The first-order valence-corrected chi connectivity index (χ1v) is 8.61. The van der Waals surface area contributed by atoms with E-state index in [9.17, 15) is 0 Å². The molecule has 1 unspecified atom stereocenters. The van der Waals surface area contributed by atoms with Crippen LogP contribution < -0.4 is 10.6 Å². The molecule has 1 atom stereocenters. The molecular weight excluding hydrogens is 417 g/mol. The average molecular weight is 449 g/mol. The fraction of sp³-hybridized carbons (Fsp3) is 0.812. The Kier molecular flexibility index (Phi) is 9.57. The third-order valence-corrected chi connectivity index (χ3v) is 4.35. The Balaban J connectivity index is 0.00000288. The molecule has 2 N–H and O–H groups in total. The summed E-state index contributed by atoms with van der Waals surface area (Å²) in [7, 11) is 3.70. The molecule has 8 heteroatoms. The molecule has 2 rings (SSSR count). The van der Waals surface area contributed by atoms with E-state index < -0.39 is 0 Å². The van der Waals surface area contributed by atoms with Gasteiger partial charge in [-0.2, -0.15) is 5.10 Å². The van der Waals surface area contributed by atoms with Crippen molar-refractivity contribution in [2.75, 3.05) is 26.7 Å². The van der Waals surface area contributed by atoms with Crippen molar-refractivity contribution < 1.29 is 0 Å². The highest BCUT2D eigenvalue weighted by molar-refractivity contribution is 14.0. The van der Waals surface area contributed by atoms with Gasteiger partial charge in [0, 0.05) is 26.7 Å². The molecule has 0 bridgehead atoms. The Hall–Kier alpha value is -0.900. The molecule has 7 nitrogen and oxygen atoms in total. The molecule has 2 heterocycles. The number of nitrogens with one attached hydrogen (secondary N) is 2. The molecule has 138 valence electrons. The highest BCUT2D eigenvalue weighted by Gasteiger charge is 2.22. The number of hydrogen-bond acceptors (Lipinski definition) is 4. The summed E-state index contributed by atoms with van der Waals surface area (Å²) in [6, 6.07) is 0.575. The van der Waals surface area contributed by atoms with Crippen molar-refractivity contribution in [3.63, 3.8) is 0 Å². The minimum Gasteiger partial charge on any atom is -0.355 e. The molecule has 0 aliphatic carbocycles. The van der Waals surface area contributed by atoms with E-state index in [1.165, 1.54) is 32.4 Å². The van der Waals surface area contributed by atoms with Crippen LogP contribution in [0.15, 0.2) is 11.3 Å². The molecule has 0 saturated carbocycles.